The first kappa shape index (κ1) is 11.4. The SMILES string of the molecule is Cc1cnc(N2C[C@H]3CNC[C@H]3C2)cc1[N+](=O)[O-]. The van der Waals surface area contributed by atoms with E-state index in [4.69, 9.17) is 0 Å². The van der Waals surface area contributed by atoms with Crippen LogP contribution in [0.25, 0.3) is 0 Å². The normalized spacial score (nSPS) is 26.4. The van der Waals surface area contributed by atoms with Gasteiger partial charge in [0.1, 0.15) is 5.82 Å². The molecule has 1 aromatic heterocycles. The Bertz CT molecular complexity index is 479. The van der Waals surface area contributed by atoms with Crippen LogP contribution < -0.4 is 10.2 Å². The third kappa shape index (κ3) is 1.82. The fraction of sp³-hybridized carbons (Fsp3) is 0.583. The van der Waals surface area contributed by atoms with E-state index in [-0.39, 0.29) is 10.6 Å². The van der Waals surface area contributed by atoms with E-state index in [1.807, 2.05) is 0 Å². The zero-order chi connectivity index (χ0) is 12.7. The van der Waals surface area contributed by atoms with E-state index in [9.17, 15) is 10.1 Å². The molecule has 0 radical (unpaired) electrons. The third-order valence-corrected chi connectivity index (χ3v) is 3.97. The van der Waals surface area contributed by atoms with Crippen LogP contribution in [0.4, 0.5) is 11.5 Å². The van der Waals surface area contributed by atoms with Gasteiger partial charge in [0.15, 0.2) is 0 Å². The Morgan fingerprint density at radius 2 is 2.11 bits per heavy atom. The van der Waals surface area contributed by atoms with Gasteiger partial charge in [-0.3, -0.25) is 10.1 Å². The Morgan fingerprint density at radius 1 is 1.44 bits per heavy atom. The van der Waals surface area contributed by atoms with Crippen LogP contribution in [0.3, 0.4) is 0 Å². The van der Waals surface area contributed by atoms with Crippen LogP contribution in [0.2, 0.25) is 0 Å². The molecule has 6 nitrogen and oxygen atoms in total. The highest BCUT2D eigenvalue weighted by molar-refractivity contribution is 5.51. The summed E-state index contributed by atoms with van der Waals surface area (Å²) in [7, 11) is 0. The van der Waals surface area contributed by atoms with Gasteiger partial charge in [0.2, 0.25) is 0 Å². The number of anilines is 1. The molecular weight excluding hydrogens is 232 g/mol. The number of nitrogens with one attached hydrogen (secondary N) is 1. The van der Waals surface area contributed by atoms with E-state index < -0.39 is 0 Å². The molecule has 0 spiro atoms. The maximum Gasteiger partial charge on any atom is 0.277 e. The first-order chi connectivity index (χ1) is 8.65. The van der Waals surface area contributed by atoms with E-state index >= 15 is 0 Å². The van der Waals surface area contributed by atoms with Crippen molar-refractivity contribution in [2.24, 2.45) is 11.8 Å². The smallest absolute Gasteiger partial charge is 0.277 e. The van der Waals surface area contributed by atoms with Crippen molar-refractivity contribution in [3.05, 3.63) is 27.9 Å². The summed E-state index contributed by atoms with van der Waals surface area (Å²) in [5, 5.41) is 14.3. The Balaban J connectivity index is 1.85. The van der Waals surface area contributed by atoms with E-state index in [0.29, 0.717) is 17.4 Å². The van der Waals surface area contributed by atoms with Gasteiger partial charge in [-0.2, -0.15) is 0 Å². The van der Waals surface area contributed by atoms with Crippen molar-refractivity contribution < 1.29 is 4.92 Å². The molecule has 0 bridgehead atoms. The number of hydrogen-bond acceptors (Lipinski definition) is 5. The van der Waals surface area contributed by atoms with E-state index in [1.54, 1.807) is 19.2 Å². The molecule has 18 heavy (non-hydrogen) atoms. The summed E-state index contributed by atoms with van der Waals surface area (Å²) in [6.07, 6.45) is 1.60. The number of nitrogens with zero attached hydrogens (tertiary/aromatic N) is 3. The number of pyridine rings is 1. The van der Waals surface area contributed by atoms with Crippen molar-refractivity contribution in [3.63, 3.8) is 0 Å². The molecule has 1 N–H and O–H groups in total. The molecule has 3 rings (SSSR count). The summed E-state index contributed by atoms with van der Waals surface area (Å²) in [6.45, 7) is 5.72. The highest BCUT2D eigenvalue weighted by Crippen LogP contribution is 2.31. The second-order valence-corrected chi connectivity index (χ2v) is 5.17. The summed E-state index contributed by atoms with van der Waals surface area (Å²) >= 11 is 0. The minimum atomic E-state index is -0.334. The molecule has 3 heterocycles. The van der Waals surface area contributed by atoms with Gasteiger partial charge in [-0.15, -0.1) is 0 Å². The number of aromatic nitrogens is 1. The summed E-state index contributed by atoms with van der Waals surface area (Å²) < 4.78 is 0. The Hall–Kier alpha value is -1.69. The fourth-order valence-electron chi connectivity index (χ4n) is 2.91. The largest absolute Gasteiger partial charge is 0.356 e. The molecule has 0 amide bonds. The van der Waals surface area contributed by atoms with Crippen molar-refractivity contribution >= 4 is 11.5 Å². The molecule has 6 heteroatoms. The van der Waals surface area contributed by atoms with Crippen LogP contribution in [0.5, 0.6) is 0 Å². The minimum Gasteiger partial charge on any atom is -0.356 e. The van der Waals surface area contributed by atoms with Crippen molar-refractivity contribution in [2.75, 3.05) is 31.1 Å². The zero-order valence-corrected chi connectivity index (χ0v) is 10.3. The van der Waals surface area contributed by atoms with Gasteiger partial charge in [-0.25, -0.2) is 4.98 Å². The number of fused-ring (bicyclic) bond motifs is 1. The molecule has 2 fully saturated rings. The lowest BCUT2D eigenvalue weighted by atomic mass is 10.0. The van der Waals surface area contributed by atoms with Crippen LogP contribution in [0.15, 0.2) is 12.3 Å². The molecule has 1 aromatic rings. The zero-order valence-electron chi connectivity index (χ0n) is 10.3. The predicted octanol–water partition coefficient (Wildman–Crippen LogP) is 0.954. The van der Waals surface area contributed by atoms with Gasteiger partial charge < -0.3 is 10.2 Å². The van der Waals surface area contributed by atoms with Crippen LogP contribution in [-0.4, -0.2) is 36.1 Å². The number of nitro groups is 1. The van der Waals surface area contributed by atoms with Gasteiger partial charge in [0.05, 0.1) is 11.0 Å². The van der Waals surface area contributed by atoms with Crippen LogP contribution in [0, 0.1) is 28.9 Å². The van der Waals surface area contributed by atoms with Gasteiger partial charge in [-0.05, 0) is 18.8 Å². The lowest BCUT2D eigenvalue weighted by Gasteiger charge is -2.18. The molecule has 0 unspecified atom stereocenters. The average Bonchev–Trinajstić information content (AvgIpc) is 2.89. The molecule has 2 atom stereocenters. The molecule has 0 aromatic carbocycles. The first-order valence-corrected chi connectivity index (χ1v) is 6.22. The molecule has 2 saturated heterocycles. The van der Waals surface area contributed by atoms with Gasteiger partial charge in [0, 0.05) is 37.9 Å². The predicted molar refractivity (Wildman–Crippen MR) is 67.7 cm³/mol. The third-order valence-electron chi connectivity index (χ3n) is 3.97. The fourth-order valence-corrected chi connectivity index (χ4v) is 2.91. The Morgan fingerprint density at radius 3 is 2.72 bits per heavy atom. The minimum absolute atomic E-state index is 0.162. The molecule has 2 aliphatic rings. The highest BCUT2D eigenvalue weighted by Gasteiger charge is 2.36. The van der Waals surface area contributed by atoms with Crippen molar-refractivity contribution in [1.29, 1.82) is 0 Å². The Kier molecular flexibility index (Phi) is 2.66. The lowest BCUT2D eigenvalue weighted by molar-refractivity contribution is -0.385. The van der Waals surface area contributed by atoms with Crippen molar-refractivity contribution in [3.8, 4) is 0 Å². The molecule has 96 valence electrons. The number of rotatable bonds is 2. The Labute approximate surface area is 105 Å². The van der Waals surface area contributed by atoms with Gasteiger partial charge in [-0.1, -0.05) is 0 Å². The van der Waals surface area contributed by atoms with E-state index in [2.05, 4.69) is 15.2 Å². The number of aryl methyl sites for hydroxylation is 1. The molecular formula is C12H16N4O2. The van der Waals surface area contributed by atoms with Crippen molar-refractivity contribution in [2.45, 2.75) is 6.92 Å². The second-order valence-electron chi connectivity index (χ2n) is 5.17. The summed E-state index contributed by atoms with van der Waals surface area (Å²) in [5.41, 5.74) is 0.778. The van der Waals surface area contributed by atoms with Crippen LogP contribution >= 0.6 is 0 Å². The number of hydrogen-bond donors (Lipinski definition) is 1. The standard InChI is InChI=1S/C12H16N4O2/c1-8-3-14-12(2-11(8)16(17)18)15-6-9-4-13-5-10(9)7-15/h2-3,9-10,13H,4-7H2,1H3/t9-,10+. The highest BCUT2D eigenvalue weighted by atomic mass is 16.6. The first-order valence-electron chi connectivity index (χ1n) is 6.22. The quantitative estimate of drug-likeness (QED) is 0.623. The summed E-state index contributed by atoms with van der Waals surface area (Å²) in [4.78, 5) is 17.1. The summed E-state index contributed by atoms with van der Waals surface area (Å²) in [6, 6.07) is 1.60. The van der Waals surface area contributed by atoms with Crippen LogP contribution in [-0.2, 0) is 0 Å². The van der Waals surface area contributed by atoms with E-state index in [1.165, 1.54) is 0 Å². The molecule has 0 aliphatic carbocycles. The van der Waals surface area contributed by atoms with E-state index in [0.717, 1.165) is 32.0 Å². The van der Waals surface area contributed by atoms with Crippen molar-refractivity contribution in [1.82, 2.24) is 10.3 Å². The second kappa shape index (κ2) is 4.20. The van der Waals surface area contributed by atoms with Crippen LogP contribution in [0.1, 0.15) is 5.56 Å². The lowest BCUT2D eigenvalue weighted by Crippen LogP contribution is -2.26. The average molecular weight is 248 g/mol. The monoisotopic (exact) mass is 248 g/mol. The van der Waals surface area contributed by atoms with Gasteiger partial charge >= 0.3 is 0 Å². The van der Waals surface area contributed by atoms with Gasteiger partial charge in [0.25, 0.3) is 5.69 Å². The molecule has 0 saturated carbocycles. The summed E-state index contributed by atoms with van der Waals surface area (Å²) in [5.74, 6) is 2.06. The maximum absolute atomic E-state index is 10.9. The maximum atomic E-state index is 10.9. The molecule has 2 aliphatic heterocycles. The topological polar surface area (TPSA) is 71.3 Å².